The van der Waals surface area contributed by atoms with Crippen molar-refractivity contribution in [1.29, 1.82) is 0 Å². The van der Waals surface area contributed by atoms with Crippen molar-refractivity contribution >= 4 is 17.9 Å². The molecule has 0 bridgehead atoms. The van der Waals surface area contributed by atoms with Gasteiger partial charge in [-0.05, 0) is 83.5 Å². The van der Waals surface area contributed by atoms with Crippen LogP contribution in [0.2, 0.25) is 0 Å². The van der Waals surface area contributed by atoms with Gasteiger partial charge in [0.15, 0.2) is 6.10 Å². The van der Waals surface area contributed by atoms with Gasteiger partial charge in [0.2, 0.25) is 0 Å². The molecular formula is C47H78O6. The van der Waals surface area contributed by atoms with E-state index in [-0.39, 0.29) is 31.1 Å². The van der Waals surface area contributed by atoms with Crippen LogP contribution in [0.15, 0.2) is 72.9 Å². The standard InChI is InChI=1S/C47H78O6/c1-4-7-10-13-16-18-20-21-22-23-24-25-26-27-28-30-31-34-37-40-46(49)52-43-44(42-51-45(48)39-36-33-15-12-9-6-3)53-47(50)41-38-35-32-29-19-17-14-11-8-5-2/h7,10-11,14,16,18,21-22,24-25,27-28,44H,4-6,8-9,12-13,15,17,19-20,23,26,29-43H2,1-3H3/b10-7-,14-11-,18-16-,22-21-,25-24-,28-27-. The van der Waals surface area contributed by atoms with Crippen molar-refractivity contribution in [2.24, 2.45) is 0 Å². The lowest BCUT2D eigenvalue weighted by atomic mass is 10.1. The molecule has 0 aliphatic rings. The molecule has 6 nitrogen and oxygen atoms in total. The Morgan fingerprint density at radius 1 is 0.396 bits per heavy atom. The molecule has 6 heteroatoms. The Hall–Kier alpha value is -3.15. The Kier molecular flexibility index (Phi) is 39.1. The molecule has 0 radical (unpaired) electrons. The van der Waals surface area contributed by atoms with Crippen LogP contribution in [0.5, 0.6) is 0 Å². The molecule has 0 fully saturated rings. The van der Waals surface area contributed by atoms with Gasteiger partial charge in [-0.25, -0.2) is 0 Å². The SMILES string of the molecule is CC/C=C\C/C=C\C/C=C\C/C=C\C/C=C\CCCCCC(=O)OCC(COC(=O)CCCCCCCC)OC(=O)CCCCCCC/C=C\CCC. The first-order valence-corrected chi connectivity index (χ1v) is 21.4. The number of esters is 3. The number of hydrogen-bond donors (Lipinski definition) is 0. The Morgan fingerprint density at radius 3 is 1.26 bits per heavy atom. The van der Waals surface area contributed by atoms with Crippen LogP contribution in [-0.4, -0.2) is 37.2 Å². The summed E-state index contributed by atoms with van der Waals surface area (Å²) in [6.45, 7) is 6.33. The van der Waals surface area contributed by atoms with Crippen molar-refractivity contribution in [3.63, 3.8) is 0 Å². The van der Waals surface area contributed by atoms with Gasteiger partial charge in [0.1, 0.15) is 13.2 Å². The van der Waals surface area contributed by atoms with Crippen LogP contribution in [0.25, 0.3) is 0 Å². The van der Waals surface area contributed by atoms with Crippen LogP contribution >= 0.6 is 0 Å². The van der Waals surface area contributed by atoms with E-state index in [1.807, 2.05) is 0 Å². The fraction of sp³-hybridized carbons (Fsp3) is 0.681. The third-order valence-electron chi connectivity index (χ3n) is 8.68. The van der Waals surface area contributed by atoms with E-state index in [9.17, 15) is 14.4 Å². The molecular weight excluding hydrogens is 661 g/mol. The van der Waals surface area contributed by atoms with Crippen molar-refractivity contribution in [2.75, 3.05) is 13.2 Å². The Balaban J connectivity index is 4.33. The third kappa shape index (κ3) is 39.9. The summed E-state index contributed by atoms with van der Waals surface area (Å²) >= 11 is 0. The third-order valence-corrected chi connectivity index (χ3v) is 8.68. The first-order valence-electron chi connectivity index (χ1n) is 21.4. The topological polar surface area (TPSA) is 78.9 Å². The number of unbranched alkanes of at least 4 members (excludes halogenated alkanes) is 14. The quantitative estimate of drug-likeness (QED) is 0.0273. The van der Waals surface area contributed by atoms with E-state index in [4.69, 9.17) is 14.2 Å². The van der Waals surface area contributed by atoms with E-state index in [0.717, 1.165) is 116 Å². The lowest BCUT2D eigenvalue weighted by Gasteiger charge is -2.18. The fourth-order valence-electron chi connectivity index (χ4n) is 5.47. The molecule has 0 rings (SSSR count). The first-order chi connectivity index (χ1) is 26.0. The van der Waals surface area contributed by atoms with Crippen LogP contribution in [0.3, 0.4) is 0 Å². The van der Waals surface area contributed by atoms with E-state index in [1.165, 1.54) is 32.1 Å². The summed E-state index contributed by atoms with van der Waals surface area (Å²) in [6.07, 6.45) is 50.5. The van der Waals surface area contributed by atoms with Crippen LogP contribution < -0.4 is 0 Å². The summed E-state index contributed by atoms with van der Waals surface area (Å²) in [4.78, 5) is 37.4. The molecule has 0 aromatic carbocycles. The minimum Gasteiger partial charge on any atom is -0.462 e. The molecule has 0 N–H and O–H groups in total. The number of carbonyl (C=O) groups is 3. The molecule has 0 heterocycles. The van der Waals surface area contributed by atoms with Gasteiger partial charge in [0, 0.05) is 19.3 Å². The minimum atomic E-state index is -0.787. The molecule has 0 aliphatic carbocycles. The zero-order valence-corrected chi connectivity index (χ0v) is 34.3. The van der Waals surface area contributed by atoms with Gasteiger partial charge in [-0.3, -0.25) is 14.4 Å². The molecule has 0 spiro atoms. The number of rotatable bonds is 37. The van der Waals surface area contributed by atoms with Crippen LogP contribution in [0.1, 0.15) is 188 Å². The Labute approximate surface area is 325 Å². The predicted molar refractivity (Wildman–Crippen MR) is 224 cm³/mol. The molecule has 53 heavy (non-hydrogen) atoms. The molecule has 0 aromatic rings. The highest BCUT2D eigenvalue weighted by molar-refractivity contribution is 5.71. The molecule has 1 atom stereocenters. The molecule has 1 unspecified atom stereocenters. The first kappa shape index (κ1) is 49.9. The van der Waals surface area contributed by atoms with Crippen LogP contribution in [-0.2, 0) is 28.6 Å². The normalized spacial score (nSPS) is 12.7. The second-order valence-electron chi connectivity index (χ2n) is 13.9. The van der Waals surface area contributed by atoms with Gasteiger partial charge in [-0.1, -0.05) is 158 Å². The minimum absolute atomic E-state index is 0.0908. The smallest absolute Gasteiger partial charge is 0.306 e. The maximum absolute atomic E-state index is 12.6. The maximum atomic E-state index is 12.6. The average Bonchev–Trinajstić information content (AvgIpc) is 3.15. The summed E-state index contributed by atoms with van der Waals surface area (Å²) in [5.74, 6) is -0.954. The lowest BCUT2D eigenvalue weighted by molar-refractivity contribution is -0.167. The van der Waals surface area contributed by atoms with E-state index in [1.54, 1.807) is 0 Å². The Morgan fingerprint density at radius 2 is 0.774 bits per heavy atom. The van der Waals surface area contributed by atoms with Gasteiger partial charge in [0.25, 0.3) is 0 Å². The van der Waals surface area contributed by atoms with Crippen molar-refractivity contribution in [3.05, 3.63) is 72.9 Å². The molecule has 0 aromatic heterocycles. The second-order valence-corrected chi connectivity index (χ2v) is 13.9. The number of hydrogen-bond acceptors (Lipinski definition) is 6. The van der Waals surface area contributed by atoms with Gasteiger partial charge in [0.05, 0.1) is 0 Å². The highest BCUT2D eigenvalue weighted by Crippen LogP contribution is 2.12. The van der Waals surface area contributed by atoms with Crippen molar-refractivity contribution < 1.29 is 28.6 Å². The predicted octanol–water partition coefficient (Wildman–Crippen LogP) is 13.5. The molecule has 0 saturated carbocycles. The second kappa shape index (κ2) is 41.6. The number of allylic oxidation sites excluding steroid dienone is 12. The summed E-state index contributed by atoms with van der Waals surface area (Å²) in [5.41, 5.74) is 0. The van der Waals surface area contributed by atoms with Crippen molar-refractivity contribution in [3.8, 4) is 0 Å². The number of ether oxygens (including phenoxy) is 3. The average molecular weight is 739 g/mol. The van der Waals surface area contributed by atoms with E-state index < -0.39 is 6.10 Å². The molecule has 302 valence electrons. The zero-order valence-electron chi connectivity index (χ0n) is 34.3. The van der Waals surface area contributed by atoms with Gasteiger partial charge in [-0.2, -0.15) is 0 Å². The monoisotopic (exact) mass is 739 g/mol. The van der Waals surface area contributed by atoms with E-state index in [0.29, 0.717) is 19.3 Å². The van der Waals surface area contributed by atoms with Gasteiger partial charge >= 0.3 is 17.9 Å². The van der Waals surface area contributed by atoms with E-state index >= 15 is 0 Å². The van der Waals surface area contributed by atoms with Gasteiger partial charge < -0.3 is 14.2 Å². The summed E-state index contributed by atoms with van der Waals surface area (Å²) < 4.78 is 16.5. The largest absolute Gasteiger partial charge is 0.462 e. The van der Waals surface area contributed by atoms with Crippen LogP contribution in [0.4, 0.5) is 0 Å². The highest BCUT2D eigenvalue weighted by atomic mass is 16.6. The van der Waals surface area contributed by atoms with Crippen LogP contribution in [0, 0.1) is 0 Å². The molecule has 0 saturated heterocycles. The lowest BCUT2D eigenvalue weighted by Crippen LogP contribution is -2.30. The van der Waals surface area contributed by atoms with E-state index in [2.05, 4.69) is 93.7 Å². The summed E-state index contributed by atoms with van der Waals surface area (Å²) in [5, 5.41) is 0. The Bertz CT molecular complexity index is 1030. The van der Waals surface area contributed by atoms with Gasteiger partial charge in [-0.15, -0.1) is 0 Å². The number of carbonyl (C=O) groups excluding carboxylic acids is 3. The fourth-order valence-corrected chi connectivity index (χ4v) is 5.47. The summed E-state index contributed by atoms with van der Waals surface area (Å²) in [6, 6.07) is 0. The highest BCUT2D eigenvalue weighted by Gasteiger charge is 2.19. The summed E-state index contributed by atoms with van der Waals surface area (Å²) in [7, 11) is 0. The molecule has 0 amide bonds. The van der Waals surface area contributed by atoms with Crippen molar-refractivity contribution in [2.45, 2.75) is 194 Å². The maximum Gasteiger partial charge on any atom is 0.306 e. The zero-order chi connectivity index (χ0) is 38.7. The van der Waals surface area contributed by atoms with Crippen molar-refractivity contribution in [1.82, 2.24) is 0 Å². The molecule has 0 aliphatic heterocycles.